The van der Waals surface area contributed by atoms with Gasteiger partial charge in [-0.2, -0.15) is 10.1 Å². The summed E-state index contributed by atoms with van der Waals surface area (Å²) in [5.41, 5.74) is 1.08. The number of nitrogens with zero attached hydrogens (tertiary/aromatic N) is 3. The van der Waals surface area contributed by atoms with Crippen LogP contribution in [0.25, 0.3) is 10.9 Å². The number of aromatic amines is 2. The number of nitrogens with one attached hydrogen (secondary N) is 5. The number of anilines is 3. The molecular formula is C14H16N8O. The van der Waals surface area contributed by atoms with E-state index in [0.29, 0.717) is 22.7 Å². The molecule has 0 saturated carbocycles. The van der Waals surface area contributed by atoms with Gasteiger partial charge in [0.05, 0.1) is 17.4 Å². The Balaban J connectivity index is 1.78. The summed E-state index contributed by atoms with van der Waals surface area (Å²) < 4.78 is 0. The van der Waals surface area contributed by atoms with Crippen molar-refractivity contribution in [2.45, 2.75) is 12.5 Å². The number of H-pyrrole nitrogens is 2. The predicted molar refractivity (Wildman–Crippen MR) is 86.9 cm³/mol. The Kier molecular flexibility index (Phi) is 3.39. The third-order valence-electron chi connectivity index (χ3n) is 3.77. The first-order valence-corrected chi connectivity index (χ1v) is 7.42. The van der Waals surface area contributed by atoms with Gasteiger partial charge in [0.1, 0.15) is 11.2 Å². The molecule has 0 aromatic carbocycles. The molecule has 1 fully saturated rings. The van der Waals surface area contributed by atoms with Crippen molar-refractivity contribution in [2.24, 2.45) is 0 Å². The number of hydrogen-bond donors (Lipinski definition) is 5. The van der Waals surface area contributed by atoms with E-state index in [2.05, 4.69) is 41.1 Å². The number of fused-ring (bicyclic) bond motifs is 1. The lowest BCUT2D eigenvalue weighted by molar-refractivity contribution is 0.782. The van der Waals surface area contributed by atoms with Gasteiger partial charge >= 0.3 is 0 Å². The fraction of sp³-hybridized carbons (Fsp3) is 0.286. The summed E-state index contributed by atoms with van der Waals surface area (Å²) in [5, 5.41) is 16.7. The smallest absolute Gasteiger partial charge is 0.261 e. The van der Waals surface area contributed by atoms with Crippen LogP contribution in [0, 0.1) is 0 Å². The van der Waals surface area contributed by atoms with Crippen molar-refractivity contribution in [3.63, 3.8) is 0 Å². The number of rotatable bonds is 4. The van der Waals surface area contributed by atoms with E-state index >= 15 is 0 Å². The SMILES string of the molecule is O=c1[nH]ccc2nc(N[C@@H]3CCNC3)nc(Nc3cn[nH]c3)c12. The van der Waals surface area contributed by atoms with E-state index in [9.17, 15) is 4.79 Å². The van der Waals surface area contributed by atoms with Crippen LogP contribution in [0.3, 0.4) is 0 Å². The van der Waals surface area contributed by atoms with Crippen molar-refractivity contribution in [3.05, 3.63) is 35.0 Å². The van der Waals surface area contributed by atoms with Crippen molar-refractivity contribution in [2.75, 3.05) is 23.7 Å². The molecule has 23 heavy (non-hydrogen) atoms. The fourth-order valence-electron chi connectivity index (χ4n) is 2.66. The first-order valence-electron chi connectivity index (χ1n) is 7.42. The van der Waals surface area contributed by atoms with Gasteiger partial charge in [0.2, 0.25) is 5.95 Å². The molecule has 1 atom stereocenters. The normalized spacial score (nSPS) is 17.5. The molecule has 0 amide bonds. The first kappa shape index (κ1) is 13.7. The molecule has 3 aromatic rings. The highest BCUT2D eigenvalue weighted by Gasteiger charge is 2.17. The van der Waals surface area contributed by atoms with Gasteiger partial charge in [-0.25, -0.2) is 4.98 Å². The highest BCUT2D eigenvalue weighted by Crippen LogP contribution is 2.22. The van der Waals surface area contributed by atoms with Gasteiger partial charge in [-0.1, -0.05) is 0 Å². The third-order valence-corrected chi connectivity index (χ3v) is 3.77. The second-order valence-corrected chi connectivity index (χ2v) is 5.41. The zero-order chi connectivity index (χ0) is 15.6. The molecule has 1 aliphatic rings. The van der Waals surface area contributed by atoms with Gasteiger partial charge in [0.15, 0.2) is 0 Å². The van der Waals surface area contributed by atoms with Crippen LogP contribution in [-0.2, 0) is 0 Å². The lowest BCUT2D eigenvalue weighted by Crippen LogP contribution is -2.24. The molecule has 4 heterocycles. The van der Waals surface area contributed by atoms with Crippen LogP contribution in [0.4, 0.5) is 17.5 Å². The molecule has 3 aromatic heterocycles. The maximum atomic E-state index is 12.2. The zero-order valence-electron chi connectivity index (χ0n) is 12.3. The molecule has 1 aliphatic heterocycles. The second-order valence-electron chi connectivity index (χ2n) is 5.41. The van der Waals surface area contributed by atoms with Gasteiger partial charge in [0.25, 0.3) is 5.56 Å². The van der Waals surface area contributed by atoms with E-state index in [1.54, 1.807) is 24.7 Å². The molecule has 4 rings (SSSR count). The van der Waals surface area contributed by atoms with Crippen molar-refractivity contribution >= 4 is 28.4 Å². The summed E-state index contributed by atoms with van der Waals surface area (Å²) in [7, 11) is 0. The molecule has 0 bridgehead atoms. The van der Waals surface area contributed by atoms with Crippen molar-refractivity contribution in [1.82, 2.24) is 30.5 Å². The Morgan fingerprint density at radius 3 is 3.04 bits per heavy atom. The van der Waals surface area contributed by atoms with Crippen molar-refractivity contribution in [3.8, 4) is 0 Å². The van der Waals surface area contributed by atoms with Gasteiger partial charge < -0.3 is 20.9 Å². The van der Waals surface area contributed by atoms with Crippen LogP contribution in [0.5, 0.6) is 0 Å². The molecule has 0 spiro atoms. The van der Waals surface area contributed by atoms with Crippen LogP contribution in [0.2, 0.25) is 0 Å². The van der Waals surface area contributed by atoms with Crippen molar-refractivity contribution < 1.29 is 0 Å². The summed E-state index contributed by atoms with van der Waals surface area (Å²) in [6, 6.07) is 2.05. The molecule has 0 aliphatic carbocycles. The summed E-state index contributed by atoms with van der Waals surface area (Å²) in [6.07, 6.45) is 5.92. The highest BCUT2D eigenvalue weighted by molar-refractivity contribution is 5.90. The average Bonchev–Trinajstić information content (AvgIpc) is 3.21. The summed E-state index contributed by atoms with van der Waals surface area (Å²) in [6.45, 7) is 1.85. The largest absolute Gasteiger partial charge is 0.350 e. The molecule has 1 saturated heterocycles. The summed E-state index contributed by atoms with van der Waals surface area (Å²) in [4.78, 5) is 23.7. The van der Waals surface area contributed by atoms with Crippen molar-refractivity contribution in [1.29, 1.82) is 0 Å². The lowest BCUT2D eigenvalue weighted by Gasteiger charge is -2.13. The summed E-state index contributed by atoms with van der Waals surface area (Å²) >= 11 is 0. The average molecular weight is 312 g/mol. The van der Waals surface area contributed by atoms with E-state index in [1.807, 2.05) is 0 Å². The number of pyridine rings is 1. The zero-order valence-corrected chi connectivity index (χ0v) is 12.3. The third kappa shape index (κ3) is 2.73. The maximum Gasteiger partial charge on any atom is 0.261 e. The number of hydrogen-bond acceptors (Lipinski definition) is 7. The fourth-order valence-corrected chi connectivity index (χ4v) is 2.66. The standard InChI is InChI=1S/C14H16N8O/c23-13-11-10(2-4-16-13)21-14(20-8-1-3-15-5-8)22-12(11)19-9-6-17-18-7-9/h2,4,6-8,15H,1,3,5H2,(H,16,23)(H,17,18)(H2,19,20,21,22)/t8-/m1/s1. The number of aromatic nitrogens is 5. The van der Waals surface area contributed by atoms with E-state index in [0.717, 1.165) is 25.2 Å². The lowest BCUT2D eigenvalue weighted by atomic mass is 10.2. The molecule has 0 radical (unpaired) electrons. The van der Waals surface area contributed by atoms with Gasteiger partial charge in [-0.3, -0.25) is 9.89 Å². The van der Waals surface area contributed by atoms with Gasteiger partial charge in [-0.05, 0) is 19.0 Å². The monoisotopic (exact) mass is 312 g/mol. The predicted octanol–water partition coefficient (Wildman–Crippen LogP) is 0.559. The minimum atomic E-state index is -0.234. The highest BCUT2D eigenvalue weighted by atomic mass is 16.1. The van der Waals surface area contributed by atoms with Crippen LogP contribution in [-0.4, -0.2) is 44.3 Å². The molecule has 9 heteroatoms. The minimum Gasteiger partial charge on any atom is -0.350 e. The molecule has 0 unspecified atom stereocenters. The van der Waals surface area contributed by atoms with E-state index < -0.39 is 0 Å². The molecule has 118 valence electrons. The Morgan fingerprint density at radius 2 is 2.26 bits per heavy atom. The Morgan fingerprint density at radius 1 is 1.30 bits per heavy atom. The van der Waals surface area contributed by atoms with E-state index in [1.165, 1.54) is 0 Å². The molecular weight excluding hydrogens is 296 g/mol. The first-order chi connectivity index (χ1) is 11.3. The van der Waals surface area contributed by atoms with Gasteiger partial charge in [0, 0.05) is 25.0 Å². The Labute approximate surface area is 130 Å². The maximum absolute atomic E-state index is 12.2. The Bertz CT molecular complexity index is 866. The molecule has 9 nitrogen and oxygen atoms in total. The Hall–Kier alpha value is -2.94. The summed E-state index contributed by atoms with van der Waals surface area (Å²) in [5.74, 6) is 0.953. The van der Waals surface area contributed by atoms with E-state index in [-0.39, 0.29) is 11.6 Å². The van der Waals surface area contributed by atoms with Crippen LogP contribution >= 0.6 is 0 Å². The van der Waals surface area contributed by atoms with Crippen LogP contribution in [0.1, 0.15) is 6.42 Å². The van der Waals surface area contributed by atoms with Crippen LogP contribution < -0.4 is 21.5 Å². The van der Waals surface area contributed by atoms with Crippen LogP contribution in [0.15, 0.2) is 29.5 Å². The van der Waals surface area contributed by atoms with E-state index in [4.69, 9.17) is 0 Å². The minimum absolute atomic E-state index is 0.234. The molecule has 5 N–H and O–H groups in total. The quantitative estimate of drug-likeness (QED) is 0.477. The van der Waals surface area contributed by atoms with Gasteiger partial charge in [-0.15, -0.1) is 0 Å². The second kappa shape index (κ2) is 5.69. The topological polar surface area (TPSA) is 123 Å².